The zero-order valence-corrected chi connectivity index (χ0v) is 15.3. The van der Waals surface area contributed by atoms with E-state index in [1.165, 1.54) is 64.2 Å². The van der Waals surface area contributed by atoms with Crippen molar-refractivity contribution in [3.63, 3.8) is 0 Å². The third-order valence-corrected chi connectivity index (χ3v) is 4.06. The summed E-state index contributed by atoms with van der Waals surface area (Å²) in [5, 5.41) is 8.53. The Kier molecular flexibility index (Phi) is 18.1. The molecule has 0 aromatic heterocycles. The van der Waals surface area contributed by atoms with Crippen LogP contribution in [0.1, 0.15) is 103 Å². The fraction of sp³-hybridized carbons (Fsp3) is 0.762. The summed E-state index contributed by atoms with van der Waals surface area (Å²) in [7, 11) is 0. The molecule has 0 bridgehead atoms. The average molecular weight is 323 g/mol. The van der Waals surface area contributed by atoms with Gasteiger partial charge in [-0.05, 0) is 57.8 Å². The van der Waals surface area contributed by atoms with Crippen molar-refractivity contribution in [3.05, 3.63) is 24.3 Å². The molecule has 2 nitrogen and oxygen atoms in total. The molecule has 0 rings (SSSR count). The summed E-state index contributed by atoms with van der Waals surface area (Å²) in [5.41, 5.74) is 0. The van der Waals surface area contributed by atoms with Crippen molar-refractivity contribution < 1.29 is 9.90 Å². The highest BCUT2D eigenvalue weighted by molar-refractivity contribution is 5.66. The average Bonchev–Trinajstić information content (AvgIpc) is 2.53. The molecule has 0 aliphatic carbocycles. The van der Waals surface area contributed by atoms with Crippen LogP contribution in [0.25, 0.3) is 0 Å². The molecule has 0 aliphatic rings. The second-order valence-corrected chi connectivity index (χ2v) is 6.42. The maximum absolute atomic E-state index is 10.4. The maximum atomic E-state index is 10.4. The van der Waals surface area contributed by atoms with Crippen molar-refractivity contribution in [2.45, 2.75) is 103 Å². The third-order valence-electron chi connectivity index (χ3n) is 4.06. The lowest BCUT2D eigenvalue weighted by Crippen LogP contribution is -1.93. The van der Waals surface area contributed by atoms with Crippen LogP contribution in [-0.4, -0.2) is 11.1 Å². The second kappa shape index (κ2) is 19.0. The normalized spacial score (nSPS) is 11.7. The summed E-state index contributed by atoms with van der Waals surface area (Å²) < 4.78 is 0. The van der Waals surface area contributed by atoms with Gasteiger partial charge in [-0.25, -0.2) is 0 Å². The van der Waals surface area contributed by atoms with Crippen molar-refractivity contribution in [3.8, 4) is 0 Å². The van der Waals surface area contributed by atoms with Gasteiger partial charge in [0.25, 0.3) is 0 Å². The molecule has 0 saturated heterocycles. The van der Waals surface area contributed by atoms with Crippen LogP contribution >= 0.6 is 0 Å². The Hall–Kier alpha value is -1.05. The predicted octanol–water partition coefficient (Wildman–Crippen LogP) is 7.05. The largest absolute Gasteiger partial charge is 0.481 e. The molecule has 23 heavy (non-hydrogen) atoms. The van der Waals surface area contributed by atoms with Gasteiger partial charge < -0.3 is 5.11 Å². The number of unbranched alkanes of at least 4 members (excludes halogenated alkanes) is 11. The molecule has 0 unspecified atom stereocenters. The highest BCUT2D eigenvalue weighted by Crippen LogP contribution is 2.08. The summed E-state index contributed by atoms with van der Waals surface area (Å²) >= 11 is 0. The van der Waals surface area contributed by atoms with E-state index < -0.39 is 5.97 Å². The molecule has 0 amide bonds. The first-order valence-corrected chi connectivity index (χ1v) is 9.79. The van der Waals surface area contributed by atoms with Crippen LogP contribution in [0, 0.1) is 0 Å². The van der Waals surface area contributed by atoms with E-state index in [4.69, 9.17) is 5.11 Å². The summed E-state index contributed by atoms with van der Waals surface area (Å²) in [4.78, 5) is 10.4. The molecule has 0 saturated carbocycles. The Morgan fingerprint density at radius 3 is 1.48 bits per heavy atom. The molecule has 0 atom stereocenters. The highest BCUT2D eigenvalue weighted by Gasteiger charge is 1.94. The summed E-state index contributed by atoms with van der Waals surface area (Å²) in [6.45, 7) is 2.26. The number of allylic oxidation sites excluding steroid dienone is 4. The first kappa shape index (κ1) is 21.9. The van der Waals surface area contributed by atoms with E-state index in [1.54, 1.807) is 0 Å². The topological polar surface area (TPSA) is 37.3 Å². The lowest BCUT2D eigenvalue weighted by molar-refractivity contribution is -0.137. The molecule has 0 spiro atoms. The number of hydrogen-bond acceptors (Lipinski definition) is 1. The van der Waals surface area contributed by atoms with Gasteiger partial charge in [-0.1, -0.05) is 63.3 Å². The van der Waals surface area contributed by atoms with Gasteiger partial charge in [-0.15, -0.1) is 0 Å². The number of hydrogen-bond donors (Lipinski definition) is 1. The second-order valence-electron chi connectivity index (χ2n) is 6.42. The molecule has 1 N–H and O–H groups in total. The SMILES string of the molecule is CCCCCCC/C=C/CCCC/C=C/CCCCCC(=O)O. The first-order chi connectivity index (χ1) is 11.3. The monoisotopic (exact) mass is 322 g/mol. The van der Waals surface area contributed by atoms with Crippen LogP contribution in [0.2, 0.25) is 0 Å². The van der Waals surface area contributed by atoms with Crippen LogP contribution in [0.15, 0.2) is 24.3 Å². The van der Waals surface area contributed by atoms with Crippen LogP contribution in [0.3, 0.4) is 0 Å². The molecular weight excluding hydrogens is 284 g/mol. The van der Waals surface area contributed by atoms with Crippen molar-refractivity contribution in [1.29, 1.82) is 0 Å². The van der Waals surface area contributed by atoms with E-state index in [-0.39, 0.29) is 0 Å². The van der Waals surface area contributed by atoms with E-state index in [2.05, 4.69) is 31.2 Å². The molecule has 0 aliphatic heterocycles. The Morgan fingerprint density at radius 1 is 0.652 bits per heavy atom. The van der Waals surface area contributed by atoms with Crippen molar-refractivity contribution in [2.75, 3.05) is 0 Å². The quantitative estimate of drug-likeness (QED) is 0.230. The Balaban J connectivity index is 3.17. The highest BCUT2D eigenvalue weighted by atomic mass is 16.4. The number of carbonyl (C=O) groups is 1. The van der Waals surface area contributed by atoms with Gasteiger partial charge in [-0.3, -0.25) is 4.79 Å². The van der Waals surface area contributed by atoms with Crippen LogP contribution in [0.5, 0.6) is 0 Å². The molecule has 134 valence electrons. The van der Waals surface area contributed by atoms with E-state index in [9.17, 15) is 4.79 Å². The molecule has 0 aromatic rings. The van der Waals surface area contributed by atoms with Crippen molar-refractivity contribution in [2.24, 2.45) is 0 Å². The molecule has 0 radical (unpaired) electrons. The van der Waals surface area contributed by atoms with E-state index in [0.29, 0.717) is 6.42 Å². The van der Waals surface area contributed by atoms with Gasteiger partial charge in [0.2, 0.25) is 0 Å². The summed E-state index contributed by atoms with van der Waals surface area (Å²) in [5.74, 6) is -0.675. The Morgan fingerprint density at radius 2 is 1.04 bits per heavy atom. The van der Waals surface area contributed by atoms with Gasteiger partial charge in [-0.2, -0.15) is 0 Å². The van der Waals surface area contributed by atoms with Crippen LogP contribution in [0.4, 0.5) is 0 Å². The molecule has 0 heterocycles. The first-order valence-electron chi connectivity index (χ1n) is 9.79. The molecule has 0 fully saturated rings. The number of carboxylic acids is 1. The third kappa shape index (κ3) is 21.0. The van der Waals surface area contributed by atoms with E-state index >= 15 is 0 Å². The minimum atomic E-state index is -0.675. The standard InChI is InChI=1S/C21H38O2/c1-2-3-4-5-6-7-8-9-10-11-12-13-14-15-16-17-18-19-20-21(22)23/h8-9,14-15H,2-7,10-13,16-20H2,1H3,(H,22,23)/b9-8+,15-14+. The Bertz CT molecular complexity index is 305. The van der Waals surface area contributed by atoms with Gasteiger partial charge >= 0.3 is 5.97 Å². The van der Waals surface area contributed by atoms with Gasteiger partial charge in [0, 0.05) is 6.42 Å². The number of aliphatic carboxylic acids is 1. The van der Waals surface area contributed by atoms with Gasteiger partial charge in [0.1, 0.15) is 0 Å². The minimum Gasteiger partial charge on any atom is -0.481 e. The lowest BCUT2D eigenvalue weighted by atomic mass is 10.1. The van der Waals surface area contributed by atoms with Gasteiger partial charge in [0.05, 0.1) is 0 Å². The molecule has 2 heteroatoms. The lowest BCUT2D eigenvalue weighted by Gasteiger charge is -1.97. The smallest absolute Gasteiger partial charge is 0.303 e. The van der Waals surface area contributed by atoms with Gasteiger partial charge in [0.15, 0.2) is 0 Å². The molecular formula is C21H38O2. The van der Waals surface area contributed by atoms with Crippen molar-refractivity contribution in [1.82, 2.24) is 0 Å². The van der Waals surface area contributed by atoms with E-state index in [0.717, 1.165) is 25.7 Å². The Labute approximate surface area is 144 Å². The fourth-order valence-corrected chi connectivity index (χ4v) is 2.58. The van der Waals surface area contributed by atoms with E-state index in [1.807, 2.05) is 0 Å². The number of rotatable bonds is 17. The summed E-state index contributed by atoms with van der Waals surface area (Å²) in [6, 6.07) is 0. The van der Waals surface area contributed by atoms with Crippen molar-refractivity contribution >= 4 is 5.97 Å². The van der Waals surface area contributed by atoms with Crippen LogP contribution in [-0.2, 0) is 4.79 Å². The zero-order chi connectivity index (χ0) is 17.0. The molecule has 0 aromatic carbocycles. The number of carboxylic acid groups (broad SMARTS) is 1. The zero-order valence-electron chi connectivity index (χ0n) is 15.3. The maximum Gasteiger partial charge on any atom is 0.303 e. The minimum absolute atomic E-state index is 0.315. The summed E-state index contributed by atoms with van der Waals surface area (Å²) in [6.07, 6.45) is 26.7. The fourth-order valence-electron chi connectivity index (χ4n) is 2.58. The predicted molar refractivity (Wildman–Crippen MR) is 101 cm³/mol. The van der Waals surface area contributed by atoms with Crippen LogP contribution < -0.4 is 0 Å².